The molecular weight excluding hydrogens is 250 g/mol. The standard InChI is InChI=1S/C17H27NO2/c1-7-14(6)18-16(17(19)20-8-2)15-12(4)9-11(3)10-13(15)5/h9-10,14,16,18H,7-8H2,1-6H3. The minimum atomic E-state index is -0.384. The molecule has 0 radical (unpaired) electrons. The Hall–Kier alpha value is -1.35. The minimum absolute atomic E-state index is 0.192. The van der Waals surface area contributed by atoms with Crippen LogP contribution in [0.25, 0.3) is 0 Å². The first-order valence-corrected chi connectivity index (χ1v) is 7.41. The van der Waals surface area contributed by atoms with Crippen molar-refractivity contribution in [2.45, 2.75) is 60.0 Å². The molecule has 3 nitrogen and oxygen atoms in total. The molecule has 2 unspecified atom stereocenters. The molecule has 0 aliphatic rings. The molecule has 0 saturated carbocycles. The van der Waals surface area contributed by atoms with Gasteiger partial charge in [0, 0.05) is 6.04 Å². The summed E-state index contributed by atoms with van der Waals surface area (Å²) >= 11 is 0. The Morgan fingerprint density at radius 2 is 1.75 bits per heavy atom. The number of aryl methyl sites for hydroxylation is 3. The van der Waals surface area contributed by atoms with Crippen LogP contribution >= 0.6 is 0 Å². The normalized spacial score (nSPS) is 13.9. The number of hydrogen-bond donors (Lipinski definition) is 1. The molecule has 0 aromatic heterocycles. The molecule has 20 heavy (non-hydrogen) atoms. The molecule has 112 valence electrons. The maximum Gasteiger partial charge on any atom is 0.327 e. The lowest BCUT2D eigenvalue weighted by molar-refractivity contribution is -0.146. The zero-order valence-electron chi connectivity index (χ0n) is 13.5. The average Bonchev–Trinajstić information content (AvgIpc) is 2.36. The van der Waals surface area contributed by atoms with Gasteiger partial charge in [-0.15, -0.1) is 0 Å². The molecule has 1 rings (SSSR count). The average molecular weight is 277 g/mol. The fraction of sp³-hybridized carbons (Fsp3) is 0.588. The van der Waals surface area contributed by atoms with Gasteiger partial charge < -0.3 is 4.74 Å². The van der Waals surface area contributed by atoms with Crippen LogP contribution in [0.4, 0.5) is 0 Å². The van der Waals surface area contributed by atoms with Crippen LogP contribution in [0.3, 0.4) is 0 Å². The van der Waals surface area contributed by atoms with Gasteiger partial charge in [-0.1, -0.05) is 24.6 Å². The summed E-state index contributed by atoms with van der Waals surface area (Å²) in [6.07, 6.45) is 0.972. The van der Waals surface area contributed by atoms with E-state index < -0.39 is 0 Å². The summed E-state index contributed by atoms with van der Waals surface area (Å²) in [5.74, 6) is -0.192. The van der Waals surface area contributed by atoms with E-state index in [1.807, 2.05) is 6.92 Å². The monoisotopic (exact) mass is 277 g/mol. The first-order chi connectivity index (χ1) is 9.40. The second-order valence-corrected chi connectivity index (χ2v) is 5.47. The van der Waals surface area contributed by atoms with Crippen LogP contribution in [0.2, 0.25) is 0 Å². The number of ether oxygens (including phenoxy) is 1. The van der Waals surface area contributed by atoms with Crippen molar-refractivity contribution in [1.82, 2.24) is 5.32 Å². The number of hydrogen-bond acceptors (Lipinski definition) is 3. The van der Waals surface area contributed by atoms with Crippen molar-refractivity contribution >= 4 is 5.97 Å². The number of carbonyl (C=O) groups is 1. The quantitative estimate of drug-likeness (QED) is 0.807. The van der Waals surface area contributed by atoms with E-state index >= 15 is 0 Å². The summed E-state index contributed by atoms with van der Waals surface area (Å²) in [5, 5.41) is 3.39. The highest BCUT2D eigenvalue weighted by molar-refractivity contribution is 5.79. The van der Waals surface area contributed by atoms with Crippen molar-refractivity contribution < 1.29 is 9.53 Å². The molecule has 1 aromatic rings. The van der Waals surface area contributed by atoms with Crippen LogP contribution in [0.1, 0.15) is 55.5 Å². The fourth-order valence-electron chi connectivity index (χ4n) is 2.54. The fourth-order valence-corrected chi connectivity index (χ4v) is 2.54. The van der Waals surface area contributed by atoms with Crippen molar-refractivity contribution in [3.05, 3.63) is 34.4 Å². The molecule has 1 aromatic carbocycles. The third-order valence-electron chi connectivity index (χ3n) is 3.61. The summed E-state index contributed by atoms with van der Waals surface area (Å²) in [7, 11) is 0. The molecule has 1 N–H and O–H groups in total. The van der Waals surface area contributed by atoms with Crippen molar-refractivity contribution in [3.63, 3.8) is 0 Å². The summed E-state index contributed by atoms with van der Waals surface area (Å²) < 4.78 is 5.24. The zero-order chi connectivity index (χ0) is 15.3. The highest BCUT2D eigenvalue weighted by atomic mass is 16.5. The van der Waals surface area contributed by atoms with Crippen LogP contribution in [0, 0.1) is 20.8 Å². The summed E-state index contributed by atoms with van der Waals surface area (Å²) in [4.78, 5) is 12.3. The lowest BCUT2D eigenvalue weighted by atomic mass is 9.93. The number of esters is 1. The maximum atomic E-state index is 12.3. The van der Waals surface area contributed by atoms with Crippen molar-refractivity contribution in [2.75, 3.05) is 6.61 Å². The first-order valence-electron chi connectivity index (χ1n) is 7.41. The Labute approximate surface area is 122 Å². The van der Waals surface area contributed by atoms with E-state index in [2.05, 4.69) is 52.1 Å². The SMILES string of the molecule is CCOC(=O)C(NC(C)CC)c1c(C)cc(C)cc1C. The van der Waals surface area contributed by atoms with Crippen LogP contribution in [0.5, 0.6) is 0 Å². The third kappa shape index (κ3) is 4.07. The summed E-state index contributed by atoms with van der Waals surface area (Å²) in [5.41, 5.74) is 4.54. The summed E-state index contributed by atoms with van der Waals surface area (Å²) in [6, 6.07) is 4.12. The Bertz CT molecular complexity index is 445. The van der Waals surface area contributed by atoms with Gasteiger partial charge in [0.05, 0.1) is 6.61 Å². The Kier molecular flexibility index (Phi) is 6.21. The minimum Gasteiger partial charge on any atom is -0.465 e. The van der Waals surface area contributed by atoms with Gasteiger partial charge in [-0.05, 0) is 57.7 Å². The van der Waals surface area contributed by atoms with E-state index in [-0.39, 0.29) is 18.1 Å². The molecular formula is C17H27NO2. The van der Waals surface area contributed by atoms with E-state index in [9.17, 15) is 4.79 Å². The van der Waals surface area contributed by atoms with Crippen molar-refractivity contribution in [2.24, 2.45) is 0 Å². The molecule has 0 saturated heterocycles. The highest BCUT2D eigenvalue weighted by Crippen LogP contribution is 2.25. The van der Waals surface area contributed by atoms with Crippen LogP contribution in [-0.4, -0.2) is 18.6 Å². The zero-order valence-corrected chi connectivity index (χ0v) is 13.5. The second-order valence-electron chi connectivity index (χ2n) is 5.47. The van der Waals surface area contributed by atoms with Gasteiger partial charge in [-0.2, -0.15) is 0 Å². The van der Waals surface area contributed by atoms with Gasteiger partial charge in [0.25, 0.3) is 0 Å². The van der Waals surface area contributed by atoms with E-state index in [1.165, 1.54) is 5.56 Å². The van der Waals surface area contributed by atoms with Crippen LogP contribution in [-0.2, 0) is 9.53 Å². The number of benzene rings is 1. The molecule has 0 fully saturated rings. The predicted molar refractivity (Wildman–Crippen MR) is 82.9 cm³/mol. The number of rotatable bonds is 6. The number of nitrogens with one attached hydrogen (secondary N) is 1. The molecule has 0 aliphatic carbocycles. The summed E-state index contributed by atoms with van der Waals surface area (Å²) in [6.45, 7) is 12.6. The predicted octanol–water partition coefficient (Wildman–Crippen LogP) is 3.60. The molecule has 0 heterocycles. The Balaban J connectivity index is 3.19. The molecule has 0 aliphatic heterocycles. The van der Waals surface area contributed by atoms with Gasteiger partial charge in [-0.25, -0.2) is 4.79 Å². The van der Waals surface area contributed by atoms with E-state index in [0.717, 1.165) is 23.1 Å². The van der Waals surface area contributed by atoms with E-state index in [1.54, 1.807) is 0 Å². The lowest BCUT2D eigenvalue weighted by Gasteiger charge is -2.25. The third-order valence-corrected chi connectivity index (χ3v) is 3.61. The lowest BCUT2D eigenvalue weighted by Crippen LogP contribution is -2.37. The van der Waals surface area contributed by atoms with Crippen LogP contribution < -0.4 is 5.32 Å². The first kappa shape index (κ1) is 16.7. The Morgan fingerprint density at radius 1 is 1.20 bits per heavy atom. The van der Waals surface area contributed by atoms with Crippen molar-refractivity contribution in [3.8, 4) is 0 Å². The van der Waals surface area contributed by atoms with Gasteiger partial charge in [0.15, 0.2) is 0 Å². The largest absolute Gasteiger partial charge is 0.465 e. The van der Waals surface area contributed by atoms with Gasteiger partial charge in [-0.3, -0.25) is 5.32 Å². The number of carbonyl (C=O) groups excluding carboxylic acids is 1. The van der Waals surface area contributed by atoms with E-state index in [0.29, 0.717) is 6.61 Å². The highest BCUT2D eigenvalue weighted by Gasteiger charge is 2.26. The smallest absolute Gasteiger partial charge is 0.327 e. The van der Waals surface area contributed by atoms with E-state index in [4.69, 9.17) is 4.74 Å². The topological polar surface area (TPSA) is 38.3 Å². The van der Waals surface area contributed by atoms with Gasteiger partial charge >= 0.3 is 5.97 Å². The van der Waals surface area contributed by atoms with Crippen LogP contribution in [0.15, 0.2) is 12.1 Å². The van der Waals surface area contributed by atoms with Gasteiger partial charge in [0.1, 0.15) is 6.04 Å². The second kappa shape index (κ2) is 7.44. The van der Waals surface area contributed by atoms with Gasteiger partial charge in [0.2, 0.25) is 0 Å². The molecule has 3 heteroatoms. The van der Waals surface area contributed by atoms with Crippen molar-refractivity contribution in [1.29, 1.82) is 0 Å². The Morgan fingerprint density at radius 3 is 2.20 bits per heavy atom. The molecule has 0 amide bonds. The maximum absolute atomic E-state index is 12.3. The molecule has 0 spiro atoms. The molecule has 2 atom stereocenters. The molecule has 0 bridgehead atoms.